The summed E-state index contributed by atoms with van der Waals surface area (Å²) in [7, 11) is 3.14. The Morgan fingerprint density at radius 2 is 1.93 bits per heavy atom. The van der Waals surface area contributed by atoms with E-state index in [-0.39, 0.29) is 5.56 Å². The molecule has 0 saturated heterocycles. The maximum atomic E-state index is 13.3. The molecule has 0 aliphatic rings. The van der Waals surface area contributed by atoms with Gasteiger partial charge in [0, 0.05) is 35.2 Å². The summed E-state index contributed by atoms with van der Waals surface area (Å²) in [6, 6.07) is 12.8. The Morgan fingerprint density at radius 1 is 1.10 bits per heavy atom. The summed E-state index contributed by atoms with van der Waals surface area (Å²) in [6.45, 7) is 0. The molecule has 0 fully saturated rings. The molecule has 8 heteroatoms. The number of ether oxygens (including phenoxy) is 2. The highest BCUT2D eigenvalue weighted by Crippen LogP contribution is 2.32. The number of nitrogens with zero attached hydrogens (tertiary/aromatic N) is 2. The van der Waals surface area contributed by atoms with Gasteiger partial charge < -0.3 is 9.47 Å². The fourth-order valence-corrected chi connectivity index (χ4v) is 3.38. The van der Waals surface area contributed by atoms with E-state index in [1.54, 1.807) is 32.4 Å². The van der Waals surface area contributed by atoms with Crippen molar-refractivity contribution in [2.75, 3.05) is 14.2 Å². The van der Waals surface area contributed by atoms with Crippen LogP contribution in [0.5, 0.6) is 11.5 Å². The second-order valence-electron chi connectivity index (χ2n) is 6.43. The third-order valence-electron chi connectivity index (χ3n) is 4.59. The Balaban J connectivity index is 1.75. The molecule has 2 aromatic heterocycles. The Kier molecular flexibility index (Phi) is 4.98. The van der Waals surface area contributed by atoms with E-state index < -0.39 is 5.82 Å². The van der Waals surface area contributed by atoms with Crippen molar-refractivity contribution in [1.82, 2.24) is 14.6 Å². The first-order valence-electron chi connectivity index (χ1n) is 8.76. The van der Waals surface area contributed by atoms with Crippen LogP contribution in [0, 0.1) is 5.82 Å². The molecule has 0 bridgehead atoms. The predicted molar refractivity (Wildman–Crippen MR) is 109 cm³/mol. The van der Waals surface area contributed by atoms with Crippen molar-refractivity contribution in [1.29, 1.82) is 0 Å². The third-order valence-corrected chi connectivity index (χ3v) is 4.94. The molecule has 4 rings (SSSR count). The van der Waals surface area contributed by atoms with Crippen molar-refractivity contribution in [2.24, 2.45) is 0 Å². The van der Waals surface area contributed by atoms with E-state index >= 15 is 0 Å². The van der Waals surface area contributed by atoms with Gasteiger partial charge in [-0.15, -0.1) is 0 Å². The van der Waals surface area contributed by atoms with Gasteiger partial charge in [-0.2, -0.15) is 0 Å². The number of methoxy groups -OCH3 is 2. The summed E-state index contributed by atoms with van der Waals surface area (Å²) in [5.74, 6) is 0.851. The van der Waals surface area contributed by atoms with Crippen molar-refractivity contribution >= 4 is 17.2 Å². The van der Waals surface area contributed by atoms with Gasteiger partial charge in [0.25, 0.3) is 5.56 Å². The first-order valence-corrected chi connectivity index (χ1v) is 9.14. The van der Waals surface area contributed by atoms with Gasteiger partial charge in [0.05, 0.1) is 25.6 Å². The second-order valence-corrected chi connectivity index (χ2v) is 6.84. The summed E-state index contributed by atoms with van der Waals surface area (Å²) in [6.07, 6.45) is 0.317. The largest absolute Gasteiger partial charge is 0.497 e. The monoisotopic (exact) mass is 413 g/mol. The van der Waals surface area contributed by atoms with Crippen LogP contribution < -0.4 is 15.0 Å². The molecule has 0 amide bonds. The van der Waals surface area contributed by atoms with Gasteiger partial charge in [0.2, 0.25) is 0 Å². The summed E-state index contributed by atoms with van der Waals surface area (Å²) >= 11 is 6.10. The van der Waals surface area contributed by atoms with Gasteiger partial charge in [-0.25, -0.2) is 13.9 Å². The Morgan fingerprint density at radius 3 is 2.66 bits per heavy atom. The van der Waals surface area contributed by atoms with Crippen LogP contribution in [0.25, 0.3) is 16.9 Å². The molecule has 6 nitrogen and oxygen atoms in total. The first kappa shape index (κ1) is 19.0. The van der Waals surface area contributed by atoms with E-state index in [1.807, 2.05) is 12.1 Å². The van der Waals surface area contributed by atoms with E-state index in [0.717, 1.165) is 5.56 Å². The number of fused-ring (bicyclic) bond motifs is 1. The molecule has 0 aliphatic heterocycles. The molecule has 0 radical (unpaired) electrons. The van der Waals surface area contributed by atoms with Gasteiger partial charge in [-0.3, -0.25) is 9.89 Å². The number of rotatable bonds is 5. The lowest BCUT2D eigenvalue weighted by Crippen LogP contribution is -2.15. The number of halogens is 2. The highest BCUT2D eigenvalue weighted by Gasteiger charge is 2.13. The molecule has 1 N–H and O–H groups in total. The minimum absolute atomic E-state index is 0.262. The Labute approximate surface area is 170 Å². The number of H-pyrrole nitrogens is 1. The molecular formula is C21H17ClFN3O3. The van der Waals surface area contributed by atoms with Crippen molar-refractivity contribution in [3.8, 4) is 22.8 Å². The number of aromatic amines is 1. The lowest BCUT2D eigenvalue weighted by Gasteiger charge is -2.08. The zero-order valence-electron chi connectivity index (χ0n) is 15.7. The molecule has 2 heterocycles. The maximum Gasteiger partial charge on any atom is 0.272 e. The summed E-state index contributed by atoms with van der Waals surface area (Å²) in [5, 5.41) is 3.34. The molecule has 0 saturated carbocycles. The topological polar surface area (TPSA) is 68.6 Å². The quantitative estimate of drug-likeness (QED) is 0.535. The molecule has 29 heavy (non-hydrogen) atoms. The Hall–Kier alpha value is -3.32. The van der Waals surface area contributed by atoms with Crippen molar-refractivity contribution in [3.05, 3.63) is 81.0 Å². The summed E-state index contributed by atoms with van der Waals surface area (Å²) in [4.78, 5) is 17.1. The number of aromatic nitrogens is 3. The minimum Gasteiger partial charge on any atom is -0.497 e. The lowest BCUT2D eigenvalue weighted by molar-refractivity contribution is 0.395. The normalized spacial score (nSPS) is 11.0. The third kappa shape index (κ3) is 3.69. The number of hydrogen-bond donors (Lipinski definition) is 1. The molecule has 4 aromatic rings. The number of nitrogens with one attached hydrogen (secondary N) is 1. The first-order chi connectivity index (χ1) is 14.0. The zero-order chi connectivity index (χ0) is 20.5. The summed E-state index contributed by atoms with van der Waals surface area (Å²) in [5.41, 5.74) is 2.86. The average Bonchev–Trinajstić information content (AvgIpc) is 3.14. The number of benzene rings is 2. The minimum atomic E-state index is -0.411. The molecule has 0 spiro atoms. The molecule has 0 aliphatic carbocycles. The highest BCUT2D eigenvalue weighted by molar-refractivity contribution is 6.31. The van der Waals surface area contributed by atoms with Crippen molar-refractivity contribution in [3.63, 3.8) is 0 Å². The fourth-order valence-electron chi connectivity index (χ4n) is 3.15. The van der Waals surface area contributed by atoms with Crippen LogP contribution >= 0.6 is 11.6 Å². The maximum absolute atomic E-state index is 13.3. The lowest BCUT2D eigenvalue weighted by atomic mass is 10.1. The van der Waals surface area contributed by atoms with Crippen molar-refractivity contribution in [2.45, 2.75) is 6.42 Å². The number of hydrogen-bond acceptors (Lipinski definition) is 4. The van der Waals surface area contributed by atoms with Gasteiger partial charge in [-0.1, -0.05) is 17.7 Å². The zero-order valence-corrected chi connectivity index (χ0v) is 16.5. The van der Waals surface area contributed by atoms with Crippen LogP contribution in [0.3, 0.4) is 0 Å². The van der Waals surface area contributed by atoms with E-state index in [2.05, 4.69) is 10.1 Å². The molecular weight excluding hydrogens is 397 g/mol. The predicted octanol–water partition coefficient (Wildman–Crippen LogP) is 4.09. The smallest absolute Gasteiger partial charge is 0.272 e. The molecule has 0 atom stereocenters. The van der Waals surface area contributed by atoms with Crippen LogP contribution in [0.2, 0.25) is 5.02 Å². The van der Waals surface area contributed by atoms with Gasteiger partial charge in [-0.05, 0) is 29.8 Å². The van der Waals surface area contributed by atoms with Crippen molar-refractivity contribution < 1.29 is 13.9 Å². The highest BCUT2D eigenvalue weighted by atomic mass is 35.5. The second kappa shape index (κ2) is 7.60. The van der Waals surface area contributed by atoms with E-state index in [9.17, 15) is 9.18 Å². The summed E-state index contributed by atoms with van der Waals surface area (Å²) < 4.78 is 25.3. The van der Waals surface area contributed by atoms with Crippen LogP contribution in [0.15, 0.2) is 53.3 Å². The van der Waals surface area contributed by atoms with Crippen LogP contribution in [-0.2, 0) is 6.42 Å². The van der Waals surface area contributed by atoms with E-state index in [0.29, 0.717) is 45.5 Å². The Bertz CT molecular complexity index is 1270. The van der Waals surface area contributed by atoms with Gasteiger partial charge in [0.1, 0.15) is 17.3 Å². The van der Waals surface area contributed by atoms with Crippen LogP contribution in [0.4, 0.5) is 4.39 Å². The van der Waals surface area contributed by atoms with Crippen LogP contribution in [0.1, 0.15) is 11.3 Å². The SMILES string of the molecule is COc1ccc(-c2cc3nc(Cc4ccc(F)cc4Cl)cc(=O)n3[nH]2)c(OC)c1. The van der Waals surface area contributed by atoms with Crippen LogP contribution in [-0.4, -0.2) is 28.8 Å². The van der Waals surface area contributed by atoms with E-state index in [4.69, 9.17) is 21.1 Å². The standard InChI is InChI=1S/C21H17ClFN3O3/c1-28-15-5-6-16(19(10-15)29-2)18-11-20-24-14(9-21(27)26(20)25-18)7-12-3-4-13(23)8-17(12)22/h3-6,8-11,25H,7H2,1-2H3. The van der Waals surface area contributed by atoms with Gasteiger partial charge in [0.15, 0.2) is 5.65 Å². The molecule has 148 valence electrons. The fraction of sp³-hybridized carbons (Fsp3) is 0.143. The van der Waals surface area contributed by atoms with E-state index in [1.165, 1.54) is 22.7 Å². The average molecular weight is 414 g/mol. The molecule has 2 aromatic carbocycles. The molecule has 0 unspecified atom stereocenters. The van der Waals surface area contributed by atoms with Gasteiger partial charge >= 0.3 is 0 Å².